The molecule has 0 saturated carbocycles. The molecule has 4 heterocycles. The van der Waals surface area contributed by atoms with Crippen LogP contribution in [0.4, 0.5) is 10.2 Å². The van der Waals surface area contributed by atoms with Crippen LogP contribution in [0.15, 0.2) is 36.7 Å². The molecule has 1 aromatic carbocycles. The van der Waals surface area contributed by atoms with Gasteiger partial charge in [-0.2, -0.15) is 20.1 Å². The maximum absolute atomic E-state index is 14.6. The van der Waals surface area contributed by atoms with E-state index in [2.05, 4.69) is 25.6 Å². The minimum Gasteiger partial charge on any atom is -0.489 e. The molecule has 0 spiro atoms. The standard InChI is InChI=1S/C25H28BFN7O4P/c1-6-34-23-15(13-30-34)9-20-22(32-33(3)31-20)18-8-7-17(27)11-19(18)25(2,26)38-21-10-16(23)12-28-24(21)29-14-37-39(35-4)36-5/h7-8,10-13H,6,9,14H2,1-5H3,(H,28,29)/t25-/m1/s1. The van der Waals surface area contributed by atoms with Crippen LogP contribution in [0.25, 0.3) is 22.5 Å². The minimum absolute atomic E-state index is 0.0314. The summed E-state index contributed by atoms with van der Waals surface area (Å²) in [6.45, 7) is 4.35. The Morgan fingerprint density at radius 3 is 2.74 bits per heavy atom. The van der Waals surface area contributed by atoms with Crippen molar-refractivity contribution in [1.82, 2.24) is 29.8 Å². The Bertz CT molecular complexity index is 1490. The van der Waals surface area contributed by atoms with E-state index in [9.17, 15) is 4.39 Å². The Morgan fingerprint density at radius 2 is 2.00 bits per heavy atom. The molecule has 14 heteroatoms. The van der Waals surface area contributed by atoms with E-state index < -0.39 is 19.9 Å². The van der Waals surface area contributed by atoms with Gasteiger partial charge in [0.25, 0.3) is 0 Å². The number of anilines is 1. The SMILES string of the molecule is [B][C@]1(C)Oc2cc(cnc2NCOP(OC)OC)-c2c(cnn2CC)Cc2nn(C)nc2-c2ccc(F)cc21. The Morgan fingerprint density at radius 1 is 1.21 bits per heavy atom. The van der Waals surface area contributed by atoms with Crippen LogP contribution in [-0.2, 0) is 39.1 Å². The monoisotopic (exact) mass is 551 g/mol. The topological polar surface area (TPSA) is 110 Å². The van der Waals surface area contributed by atoms with E-state index in [1.807, 2.05) is 23.9 Å². The molecule has 0 fully saturated rings. The van der Waals surface area contributed by atoms with Crippen LogP contribution in [0.1, 0.15) is 30.7 Å². The number of nitrogens with zero attached hydrogens (tertiary/aromatic N) is 6. The summed E-state index contributed by atoms with van der Waals surface area (Å²) in [7, 11) is 9.99. The fraction of sp³-hybridized carbons (Fsp3) is 0.360. The first-order valence-corrected chi connectivity index (χ1v) is 13.3. The van der Waals surface area contributed by atoms with Gasteiger partial charge in [0.05, 0.1) is 23.1 Å². The van der Waals surface area contributed by atoms with Crippen molar-refractivity contribution >= 4 is 22.3 Å². The third kappa shape index (κ3) is 5.40. The zero-order valence-electron chi connectivity index (χ0n) is 22.3. The number of aryl methyl sites for hydroxylation is 2. The average Bonchev–Trinajstić information content (AvgIpc) is 3.49. The van der Waals surface area contributed by atoms with Crippen molar-refractivity contribution in [3.8, 4) is 28.3 Å². The number of hydrogen-bond donors (Lipinski definition) is 1. The lowest BCUT2D eigenvalue weighted by Crippen LogP contribution is -2.31. The summed E-state index contributed by atoms with van der Waals surface area (Å²) >= 11 is 0. The summed E-state index contributed by atoms with van der Waals surface area (Å²) in [6, 6.07) is 6.21. The Balaban J connectivity index is 1.69. The van der Waals surface area contributed by atoms with E-state index in [1.54, 1.807) is 26.2 Å². The zero-order chi connectivity index (χ0) is 27.7. The van der Waals surface area contributed by atoms with Crippen LogP contribution in [0.5, 0.6) is 5.75 Å². The second-order valence-corrected chi connectivity index (χ2v) is 10.4. The number of benzene rings is 1. The van der Waals surface area contributed by atoms with Gasteiger partial charge in [-0.25, -0.2) is 9.37 Å². The van der Waals surface area contributed by atoms with Crippen LogP contribution >= 0.6 is 8.60 Å². The van der Waals surface area contributed by atoms with E-state index >= 15 is 0 Å². The molecule has 2 bridgehead atoms. The molecular weight excluding hydrogens is 523 g/mol. The molecule has 4 aromatic rings. The van der Waals surface area contributed by atoms with Gasteiger partial charge in [0.2, 0.25) is 0 Å². The smallest absolute Gasteiger partial charge is 0.333 e. The first kappa shape index (κ1) is 27.2. The lowest BCUT2D eigenvalue weighted by atomic mass is 9.74. The van der Waals surface area contributed by atoms with E-state index in [0.717, 1.165) is 16.8 Å². The fourth-order valence-electron chi connectivity index (χ4n) is 4.62. The van der Waals surface area contributed by atoms with Crippen LogP contribution < -0.4 is 10.1 Å². The van der Waals surface area contributed by atoms with Crippen LogP contribution in [0.2, 0.25) is 0 Å². The minimum atomic E-state index is -1.52. The van der Waals surface area contributed by atoms with E-state index in [1.165, 1.54) is 31.1 Å². The molecule has 1 atom stereocenters. The van der Waals surface area contributed by atoms with Gasteiger partial charge in [0.1, 0.15) is 26.1 Å². The molecule has 11 nitrogen and oxygen atoms in total. The number of hydrogen-bond acceptors (Lipinski definition) is 9. The molecule has 202 valence electrons. The Labute approximate surface area is 228 Å². The number of pyridine rings is 1. The molecular formula is C25H28BFN7O4P. The second-order valence-electron chi connectivity index (χ2n) is 9.00. The molecule has 0 amide bonds. The van der Waals surface area contributed by atoms with Gasteiger partial charge in [0.15, 0.2) is 11.6 Å². The lowest BCUT2D eigenvalue weighted by molar-refractivity contribution is 0.178. The van der Waals surface area contributed by atoms with Crippen molar-refractivity contribution < 1.29 is 22.7 Å². The third-order valence-electron chi connectivity index (χ3n) is 6.28. The lowest BCUT2D eigenvalue weighted by Gasteiger charge is -2.31. The van der Waals surface area contributed by atoms with Crippen molar-refractivity contribution in [3.05, 3.63) is 59.3 Å². The number of halogens is 1. The van der Waals surface area contributed by atoms with Crippen LogP contribution in [0, 0.1) is 5.82 Å². The predicted molar refractivity (Wildman–Crippen MR) is 145 cm³/mol. The van der Waals surface area contributed by atoms with Gasteiger partial charge in [-0.05, 0) is 43.7 Å². The molecule has 1 N–H and O–H groups in total. The fourth-order valence-corrected chi connectivity index (χ4v) is 5.15. The number of ether oxygens (including phenoxy) is 1. The van der Waals surface area contributed by atoms with Gasteiger partial charge in [0, 0.05) is 57.1 Å². The predicted octanol–water partition coefficient (Wildman–Crippen LogP) is 4.13. The molecule has 1 aliphatic heterocycles. The van der Waals surface area contributed by atoms with Crippen LogP contribution in [-0.4, -0.2) is 58.6 Å². The molecule has 5 rings (SSSR count). The van der Waals surface area contributed by atoms with E-state index in [4.69, 9.17) is 26.2 Å². The highest BCUT2D eigenvalue weighted by Gasteiger charge is 2.31. The summed E-state index contributed by atoms with van der Waals surface area (Å²) in [4.78, 5) is 6.12. The first-order chi connectivity index (χ1) is 18.7. The molecule has 1 aliphatic rings. The van der Waals surface area contributed by atoms with Gasteiger partial charge < -0.3 is 19.1 Å². The number of rotatable bonds is 7. The van der Waals surface area contributed by atoms with E-state index in [0.29, 0.717) is 47.0 Å². The number of aromatic nitrogens is 6. The molecule has 0 unspecified atom stereocenters. The summed E-state index contributed by atoms with van der Waals surface area (Å²) in [6.07, 6.45) is 3.99. The summed E-state index contributed by atoms with van der Waals surface area (Å²) < 4.78 is 38.8. The third-order valence-corrected chi connectivity index (χ3v) is 7.22. The number of nitrogens with one attached hydrogen (secondary N) is 1. The molecule has 2 radical (unpaired) electrons. The summed E-state index contributed by atoms with van der Waals surface area (Å²) in [5, 5.41) is 16.9. The summed E-state index contributed by atoms with van der Waals surface area (Å²) in [5.41, 5.74) is 3.40. The average molecular weight is 551 g/mol. The second kappa shape index (κ2) is 11.0. The molecule has 3 aromatic heterocycles. The molecule has 0 aliphatic carbocycles. The largest absolute Gasteiger partial charge is 0.489 e. The number of fused-ring (bicyclic) bond motifs is 7. The van der Waals surface area contributed by atoms with Gasteiger partial charge in [-0.3, -0.25) is 9.21 Å². The van der Waals surface area contributed by atoms with Gasteiger partial charge in [-0.15, -0.1) is 0 Å². The van der Waals surface area contributed by atoms with E-state index in [-0.39, 0.29) is 6.73 Å². The van der Waals surface area contributed by atoms with Crippen molar-refractivity contribution in [2.24, 2.45) is 7.05 Å². The van der Waals surface area contributed by atoms with Crippen molar-refractivity contribution in [3.63, 3.8) is 0 Å². The van der Waals surface area contributed by atoms with Crippen molar-refractivity contribution in [1.29, 1.82) is 0 Å². The van der Waals surface area contributed by atoms with Gasteiger partial charge in [-0.1, -0.05) is 0 Å². The summed E-state index contributed by atoms with van der Waals surface area (Å²) in [5.74, 6) is 0.256. The van der Waals surface area contributed by atoms with Crippen LogP contribution in [0.3, 0.4) is 0 Å². The highest BCUT2D eigenvalue weighted by molar-refractivity contribution is 7.41. The highest BCUT2D eigenvalue weighted by atomic mass is 31.2. The van der Waals surface area contributed by atoms with Crippen molar-refractivity contribution in [2.45, 2.75) is 32.3 Å². The molecule has 0 saturated heterocycles. The zero-order valence-corrected chi connectivity index (χ0v) is 23.2. The Hall–Kier alpha value is -3.38. The highest BCUT2D eigenvalue weighted by Crippen LogP contribution is 2.41. The normalized spacial score (nSPS) is 16.5. The maximum Gasteiger partial charge on any atom is 0.333 e. The quantitative estimate of drug-likeness (QED) is 0.206. The van der Waals surface area contributed by atoms with Gasteiger partial charge >= 0.3 is 8.60 Å². The molecule has 39 heavy (non-hydrogen) atoms. The first-order valence-electron chi connectivity index (χ1n) is 12.2. The Kier molecular flexibility index (Phi) is 7.68. The van der Waals surface area contributed by atoms with Crippen molar-refractivity contribution in [2.75, 3.05) is 26.3 Å². The maximum atomic E-state index is 14.6.